The zero-order chi connectivity index (χ0) is 10.8. The minimum atomic E-state index is -0.198. The minimum absolute atomic E-state index is 0.198. The van der Waals surface area contributed by atoms with E-state index in [1.54, 1.807) is 17.4 Å². The van der Waals surface area contributed by atoms with E-state index < -0.39 is 0 Å². The van der Waals surface area contributed by atoms with Crippen molar-refractivity contribution in [2.45, 2.75) is 13.5 Å². The molecule has 78 valence electrons. The van der Waals surface area contributed by atoms with E-state index in [-0.39, 0.29) is 5.82 Å². The van der Waals surface area contributed by atoms with Crippen molar-refractivity contribution in [1.29, 1.82) is 0 Å². The molecule has 0 aliphatic heterocycles. The number of thiophene rings is 1. The molecule has 15 heavy (non-hydrogen) atoms. The number of halogens is 1. The first kappa shape index (κ1) is 10.3. The Balaban J connectivity index is 2.45. The predicted molar refractivity (Wildman–Crippen MR) is 62.3 cm³/mol. The Morgan fingerprint density at radius 1 is 1.33 bits per heavy atom. The van der Waals surface area contributed by atoms with Crippen molar-refractivity contribution in [3.63, 3.8) is 0 Å². The molecule has 1 aromatic carbocycles. The van der Waals surface area contributed by atoms with Crippen molar-refractivity contribution in [2.75, 3.05) is 0 Å². The summed E-state index contributed by atoms with van der Waals surface area (Å²) in [6.07, 6.45) is 0. The summed E-state index contributed by atoms with van der Waals surface area (Å²) >= 11 is 1.63. The molecule has 0 spiro atoms. The summed E-state index contributed by atoms with van der Waals surface area (Å²) in [5, 5.41) is 1.97. The summed E-state index contributed by atoms with van der Waals surface area (Å²) in [5.41, 5.74) is 7.86. The zero-order valence-electron chi connectivity index (χ0n) is 8.46. The highest BCUT2D eigenvalue weighted by Gasteiger charge is 2.06. The van der Waals surface area contributed by atoms with Crippen LogP contribution in [-0.4, -0.2) is 0 Å². The summed E-state index contributed by atoms with van der Waals surface area (Å²) in [6, 6.07) is 7.15. The van der Waals surface area contributed by atoms with Crippen LogP contribution in [0.4, 0.5) is 4.39 Å². The van der Waals surface area contributed by atoms with Gasteiger partial charge in [0.1, 0.15) is 5.82 Å². The van der Waals surface area contributed by atoms with Crippen molar-refractivity contribution in [2.24, 2.45) is 5.73 Å². The topological polar surface area (TPSA) is 26.0 Å². The highest BCUT2D eigenvalue weighted by Crippen LogP contribution is 2.27. The summed E-state index contributed by atoms with van der Waals surface area (Å²) in [4.78, 5) is 1.19. The van der Waals surface area contributed by atoms with Crippen LogP contribution in [0.15, 0.2) is 29.6 Å². The maximum atomic E-state index is 13.7. The van der Waals surface area contributed by atoms with Gasteiger partial charge in [0.15, 0.2) is 0 Å². The van der Waals surface area contributed by atoms with Crippen molar-refractivity contribution in [3.05, 3.63) is 45.9 Å². The number of rotatable bonds is 2. The van der Waals surface area contributed by atoms with E-state index in [4.69, 9.17) is 5.73 Å². The first-order valence-corrected chi connectivity index (χ1v) is 5.62. The summed E-state index contributed by atoms with van der Waals surface area (Å²) in [5.74, 6) is -0.198. The molecule has 2 N–H and O–H groups in total. The van der Waals surface area contributed by atoms with Crippen molar-refractivity contribution in [3.8, 4) is 11.1 Å². The summed E-state index contributed by atoms with van der Waals surface area (Å²) < 4.78 is 13.7. The van der Waals surface area contributed by atoms with Crippen LogP contribution in [0.25, 0.3) is 11.1 Å². The summed E-state index contributed by atoms with van der Waals surface area (Å²) in [7, 11) is 0. The fraction of sp³-hybridized carbons (Fsp3) is 0.167. The third-order valence-corrected chi connectivity index (χ3v) is 3.17. The van der Waals surface area contributed by atoms with Crippen LogP contribution < -0.4 is 5.73 Å². The lowest BCUT2D eigenvalue weighted by Crippen LogP contribution is -1.97. The Morgan fingerprint density at radius 2 is 2.13 bits per heavy atom. The summed E-state index contributed by atoms with van der Waals surface area (Å²) in [6.45, 7) is 2.39. The Morgan fingerprint density at radius 3 is 2.67 bits per heavy atom. The van der Waals surface area contributed by atoms with E-state index >= 15 is 0 Å². The molecule has 1 nitrogen and oxygen atoms in total. The standard InChI is InChI=1S/C12H12FNS/c1-8-4-10(7-15-8)11-3-2-9(6-14)5-12(11)13/h2-5,7H,6,14H2,1H3. The van der Waals surface area contributed by atoms with Crippen LogP contribution in [0.2, 0.25) is 0 Å². The molecule has 1 heterocycles. The number of aryl methyl sites for hydroxylation is 1. The largest absolute Gasteiger partial charge is 0.326 e. The molecule has 0 aliphatic carbocycles. The molecule has 0 atom stereocenters. The van der Waals surface area contributed by atoms with Crippen LogP contribution >= 0.6 is 11.3 Å². The van der Waals surface area contributed by atoms with E-state index in [2.05, 4.69) is 0 Å². The number of hydrogen-bond acceptors (Lipinski definition) is 2. The van der Waals surface area contributed by atoms with Gasteiger partial charge in [0, 0.05) is 17.0 Å². The van der Waals surface area contributed by atoms with Gasteiger partial charge in [0.25, 0.3) is 0 Å². The normalized spacial score (nSPS) is 10.6. The smallest absolute Gasteiger partial charge is 0.131 e. The lowest BCUT2D eigenvalue weighted by molar-refractivity contribution is 0.629. The first-order valence-electron chi connectivity index (χ1n) is 4.74. The Kier molecular flexibility index (Phi) is 2.84. The lowest BCUT2D eigenvalue weighted by Gasteiger charge is -2.02. The van der Waals surface area contributed by atoms with Crippen LogP contribution in [0, 0.1) is 12.7 Å². The van der Waals surface area contributed by atoms with Gasteiger partial charge in [-0.05, 0) is 35.6 Å². The minimum Gasteiger partial charge on any atom is -0.326 e. The van der Waals surface area contributed by atoms with Gasteiger partial charge < -0.3 is 5.73 Å². The second-order valence-electron chi connectivity index (χ2n) is 3.46. The molecule has 2 aromatic rings. The predicted octanol–water partition coefficient (Wildman–Crippen LogP) is 3.32. The molecule has 0 saturated carbocycles. The van der Waals surface area contributed by atoms with Gasteiger partial charge in [-0.15, -0.1) is 11.3 Å². The van der Waals surface area contributed by atoms with E-state index in [0.717, 1.165) is 11.1 Å². The molecule has 2 rings (SSSR count). The molecule has 3 heteroatoms. The molecule has 0 aliphatic rings. The van der Waals surface area contributed by atoms with Gasteiger partial charge in [-0.25, -0.2) is 4.39 Å². The van der Waals surface area contributed by atoms with Crippen LogP contribution in [-0.2, 0) is 6.54 Å². The van der Waals surface area contributed by atoms with Crippen LogP contribution in [0.5, 0.6) is 0 Å². The lowest BCUT2D eigenvalue weighted by atomic mass is 10.1. The monoisotopic (exact) mass is 221 g/mol. The Bertz CT molecular complexity index is 476. The second-order valence-corrected chi connectivity index (χ2v) is 4.58. The molecular formula is C12H12FNS. The number of nitrogens with two attached hydrogens (primary N) is 1. The SMILES string of the molecule is Cc1cc(-c2ccc(CN)cc2F)cs1. The maximum Gasteiger partial charge on any atom is 0.131 e. The van der Waals surface area contributed by atoms with Gasteiger partial charge >= 0.3 is 0 Å². The van der Waals surface area contributed by atoms with Crippen LogP contribution in [0.1, 0.15) is 10.4 Å². The Labute approximate surface area is 92.4 Å². The number of hydrogen-bond donors (Lipinski definition) is 1. The van der Waals surface area contributed by atoms with Gasteiger partial charge in [-0.2, -0.15) is 0 Å². The third-order valence-electron chi connectivity index (χ3n) is 2.31. The first-order chi connectivity index (χ1) is 7.20. The van der Waals surface area contributed by atoms with Gasteiger partial charge in [0.05, 0.1) is 0 Å². The van der Waals surface area contributed by atoms with Crippen molar-refractivity contribution in [1.82, 2.24) is 0 Å². The average Bonchev–Trinajstić information content (AvgIpc) is 2.64. The van der Waals surface area contributed by atoms with E-state index in [0.29, 0.717) is 12.1 Å². The highest BCUT2D eigenvalue weighted by atomic mass is 32.1. The molecule has 0 bridgehead atoms. The highest BCUT2D eigenvalue weighted by molar-refractivity contribution is 7.10. The third kappa shape index (κ3) is 2.08. The fourth-order valence-electron chi connectivity index (χ4n) is 1.50. The second kappa shape index (κ2) is 4.13. The molecule has 1 aromatic heterocycles. The molecule has 0 saturated heterocycles. The van der Waals surface area contributed by atoms with E-state index in [1.165, 1.54) is 10.9 Å². The fourth-order valence-corrected chi connectivity index (χ4v) is 2.21. The van der Waals surface area contributed by atoms with E-state index in [1.807, 2.05) is 24.4 Å². The zero-order valence-corrected chi connectivity index (χ0v) is 9.27. The van der Waals surface area contributed by atoms with Crippen molar-refractivity contribution >= 4 is 11.3 Å². The van der Waals surface area contributed by atoms with Gasteiger partial charge in [0.2, 0.25) is 0 Å². The quantitative estimate of drug-likeness (QED) is 0.827. The molecular weight excluding hydrogens is 209 g/mol. The van der Waals surface area contributed by atoms with Gasteiger partial charge in [-0.1, -0.05) is 12.1 Å². The number of benzene rings is 1. The maximum absolute atomic E-state index is 13.7. The molecule has 0 radical (unpaired) electrons. The molecule has 0 amide bonds. The van der Waals surface area contributed by atoms with E-state index in [9.17, 15) is 4.39 Å². The average molecular weight is 221 g/mol. The Hall–Kier alpha value is -1.19. The molecule has 0 unspecified atom stereocenters. The van der Waals surface area contributed by atoms with Crippen molar-refractivity contribution < 1.29 is 4.39 Å². The molecule has 0 fully saturated rings. The van der Waals surface area contributed by atoms with Gasteiger partial charge in [-0.3, -0.25) is 0 Å². The van der Waals surface area contributed by atoms with Crippen LogP contribution in [0.3, 0.4) is 0 Å².